The van der Waals surface area contributed by atoms with Gasteiger partial charge in [0.1, 0.15) is 0 Å². The number of carbonyl (C=O) groups excluding carboxylic acids is 1. The summed E-state index contributed by atoms with van der Waals surface area (Å²) in [4.78, 5) is 12.0. The van der Waals surface area contributed by atoms with Gasteiger partial charge in [-0.2, -0.15) is 4.31 Å². The Morgan fingerprint density at radius 3 is 2.52 bits per heavy atom. The van der Waals surface area contributed by atoms with Crippen molar-refractivity contribution in [3.05, 3.63) is 29.8 Å². The van der Waals surface area contributed by atoms with Gasteiger partial charge in [-0.25, -0.2) is 8.42 Å². The van der Waals surface area contributed by atoms with Crippen LogP contribution in [0.1, 0.15) is 50.4 Å². The first kappa shape index (κ1) is 16.2. The highest BCUT2D eigenvalue weighted by atomic mass is 32.2. The third-order valence-corrected chi connectivity index (χ3v) is 5.83. The number of sulfonamides is 1. The molecule has 5 heteroatoms. The first-order valence-corrected chi connectivity index (χ1v) is 8.95. The van der Waals surface area contributed by atoms with Crippen LogP contribution in [0.2, 0.25) is 0 Å². The van der Waals surface area contributed by atoms with Crippen molar-refractivity contribution in [3.63, 3.8) is 0 Å². The Hall–Kier alpha value is -1.20. The van der Waals surface area contributed by atoms with E-state index in [1.807, 2.05) is 13.8 Å². The molecular weight excluding hydrogens is 286 g/mol. The molecule has 1 aromatic carbocycles. The van der Waals surface area contributed by atoms with Crippen molar-refractivity contribution >= 4 is 15.8 Å². The monoisotopic (exact) mass is 309 g/mol. The number of nitrogens with zero attached hydrogens (tertiary/aromatic N) is 1. The zero-order valence-electron chi connectivity index (χ0n) is 12.9. The Balaban J connectivity index is 2.34. The lowest BCUT2D eigenvalue weighted by atomic mass is 10.1. The molecule has 1 aliphatic carbocycles. The number of hydrogen-bond acceptors (Lipinski definition) is 3. The fraction of sp³-hybridized carbons (Fsp3) is 0.562. The van der Waals surface area contributed by atoms with Gasteiger partial charge in [-0.05, 0) is 44.7 Å². The number of carbonyl (C=O) groups is 1. The Morgan fingerprint density at radius 1 is 1.33 bits per heavy atom. The summed E-state index contributed by atoms with van der Waals surface area (Å²) < 4.78 is 27.2. The Labute approximate surface area is 127 Å². The van der Waals surface area contributed by atoms with E-state index in [2.05, 4.69) is 0 Å². The van der Waals surface area contributed by atoms with Gasteiger partial charge in [-0.15, -0.1) is 0 Å². The minimum absolute atomic E-state index is 0.0367. The third kappa shape index (κ3) is 3.71. The van der Waals surface area contributed by atoms with E-state index >= 15 is 0 Å². The first-order chi connectivity index (χ1) is 9.86. The summed E-state index contributed by atoms with van der Waals surface area (Å²) >= 11 is 0. The van der Waals surface area contributed by atoms with Crippen molar-refractivity contribution in [1.82, 2.24) is 4.31 Å². The smallest absolute Gasteiger partial charge is 0.243 e. The number of Topliss-reactive ketones (excluding diaryl/α,β-unsaturated/α-hetero) is 1. The molecule has 0 heterocycles. The molecule has 2 rings (SSSR count). The van der Waals surface area contributed by atoms with Crippen molar-refractivity contribution in [2.24, 2.45) is 5.92 Å². The topological polar surface area (TPSA) is 54.5 Å². The third-order valence-electron chi connectivity index (χ3n) is 3.79. The van der Waals surface area contributed by atoms with Crippen molar-refractivity contribution < 1.29 is 13.2 Å². The molecule has 1 saturated carbocycles. The number of benzene rings is 1. The summed E-state index contributed by atoms with van der Waals surface area (Å²) in [6.45, 7) is 6.13. The standard InChI is InChI=1S/C16H23NO3S/c1-4-16(18)14-6-5-7-15(10-14)21(19,20)17(12(2)3)11-13-8-9-13/h5-7,10,12-13H,4,8-9,11H2,1-3H3. The Bertz CT molecular complexity index is 618. The van der Waals surface area contributed by atoms with Crippen molar-refractivity contribution in [3.8, 4) is 0 Å². The first-order valence-electron chi connectivity index (χ1n) is 7.51. The van der Waals surface area contributed by atoms with Gasteiger partial charge >= 0.3 is 0 Å². The maximum Gasteiger partial charge on any atom is 0.243 e. The summed E-state index contributed by atoms with van der Waals surface area (Å²) in [5.74, 6) is 0.452. The van der Waals surface area contributed by atoms with E-state index in [1.165, 1.54) is 6.07 Å². The number of hydrogen-bond donors (Lipinski definition) is 0. The fourth-order valence-corrected chi connectivity index (χ4v) is 4.07. The number of rotatable bonds is 7. The quantitative estimate of drug-likeness (QED) is 0.727. The maximum atomic E-state index is 12.8. The van der Waals surface area contributed by atoms with E-state index in [0.29, 0.717) is 24.4 Å². The molecule has 4 nitrogen and oxygen atoms in total. The van der Waals surface area contributed by atoms with Crippen LogP contribution >= 0.6 is 0 Å². The summed E-state index contributed by atoms with van der Waals surface area (Å²) in [6, 6.07) is 6.31. The van der Waals surface area contributed by atoms with Crippen molar-refractivity contribution in [2.75, 3.05) is 6.54 Å². The highest BCUT2D eigenvalue weighted by molar-refractivity contribution is 7.89. The summed E-state index contributed by atoms with van der Waals surface area (Å²) in [7, 11) is -3.54. The van der Waals surface area contributed by atoms with Gasteiger partial charge in [0.2, 0.25) is 10.0 Å². The molecule has 0 unspecified atom stereocenters. The predicted molar refractivity (Wildman–Crippen MR) is 82.8 cm³/mol. The van der Waals surface area contributed by atoms with Gasteiger partial charge in [0.15, 0.2) is 5.78 Å². The molecule has 1 aromatic rings. The molecule has 0 aromatic heterocycles. The van der Waals surface area contributed by atoms with Gasteiger partial charge in [-0.3, -0.25) is 4.79 Å². The minimum atomic E-state index is -3.54. The Morgan fingerprint density at radius 2 is 2.00 bits per heavy atom. The highest BCUT2D eigenvalue weighted by Crippen LogP contribution is 2.32. The van der Waals surface area contributed by atoms with Crippen LogP contribution < -0.4 is 0 Å². The molecule has 0 atom stereocenters. The van der Waals surface area contributed by atoms with Crippen LogP contribution in [0.4, 0.5) is 0 Å². The largest absolute Gasteiger partial charge is 0.294 e. The lowest BCUT2D eigenvalue weighted by molar-refractivity contribution is 0.0988. The van der Waals surface area contributed by atoms with E-state index in [0.717, 1.165) is 12.8 Å². The summed E-state index contributed by atoms with van der Waals surface area (Å²) in [5.41, 5.74) is 0.466. The highest BCUT2D eigenvalue weighted by Gasteiger charge is 2.33. The van der Waals surface area contributed by atoms with E-state index in [-0.39, 0.29) is 16.7 Å². The zero-order chi connectivity index (χ0) is 15.6. The fourth-order valence-electron chi connectivity index (χ4n) is 2.31. The molecule has 21 heavy (non-hydrogen) atoms. The number of ketones is 1. The van der Waals surface area contributed by atoms with Gasteiger partial charge in [-0.1, -0.05) is 19.1 Å². The molecule has 0 radical (unpaired) electrons. The normalized spacial score (nSPS) is 15.7. The van der Waals surface area contributed by atoms with Gasteiger partial charge in [0.25, 0.3) is 0 Å². The van der Waals surface area contributed by atoms with Gasteiger partial charge < -0.3 is 0 Å². The van der Waals surface area contributed by atoms with Crippen LogP contribution in [0, 0.1) is 5.92 Å². The molecular formula is C16H23NO3S. The van der Waals surface area contributed by atoms with Crippen LogP contribution in [0.25, 0.3) is 0 Å². The predicted octanol–water partition coefficient (Wildman–Crippen LogP) is 3.09. The maximum absolute atomic E-state index is 12.8. The molecule has 0 saturated heterocycles. The van der Waals surface area contributed by atoms with Crippen LogP contribution in [0.3, 0.4) is 0 Å². The molecule has 1 aliphatic rings. The van der Waals surface area contributed by atoms with E-state index in [9.17, 15) is 13.2 Å². The molecule has 0 aliphatic heterocycles. The minimum Gasteiger partial charge on any atom is -0.294 e. The average molecular weight is 309 g/mol. The van der Waals surface area contributed by atoms with Crippen molar-refractivity contribution in [1.29, 1.82) is 0 Å². The van der Waals surface area contributed by atoms with Gasteiger partial charge in [0, 0.05) is 24.6 Å². The second-order valence-corrected chi connectivity index (χ2v) is 7.81. The van der Waals surface area contributed by atoms with E-state index in [4.69, 9.17) is 0 Å². The van der Waals surface area contributed by atoms with E-state index in [1.54, 1.807) is 29.4 Å². The van der Waals surface area contributed by atoms with Crippen LogP contribution in [-0.2, 0) is 10.0 Å². The molecule has 1 fully saturated rings. The molecule has 0 spiro atoms. The summed E-state index contributed by atoms with van der Waals surface area (Å²) in [6.07, 6.45) is 2.58. The average Bonchev–Trinajstić information content (AvgIpc) is 3.27. The molecule has 116 valence electrons. The lowest BCUT2D eigenvalue weighted by Crippen LogP contribution is -2.38. The van der Waals surface area contributed by atoms with Gasteiger partial charge in [0.05, 0.1) is 4.90 Å². The second-order valence-electron chi connectivity index (χ2n) is 5.92. The summed E-state index contributed by atoms with van der Waals surface area (Å²) in [5, 5.41) is 0. The van der Waals surface area contributed by atoms with Crippen molar-refractivity contribution in [2.45, 2.75) is 51.0 Å². The van der Waals surface area contributed by atoms with Crippen LogP contribution in [-0.4, -0.2) is 31.1 Å². The molecule has 0 amide bonds. The SMILES string of the molecule is CCC(=O)c1cccc(S(=O)(=O)N(CC2CC2)C(C)C)c1. The zero-order valence-corrected chi connectivity index (χ0v) is 13.7. The molecule has 0 N–H and O–H groups in total. The second kappa shape index (κ2) is 6.28. The van der Waals surface area contributed by atoms with E-state index < -0.39 is 10.0 Å². The molecule has 0 bridgehead atoms. The van der Waals surface area contributed by atoms with Crippen LogP contribution in [0.5, 0.6) is 0 Å². The Kier molecular flexibility index (Phi) is 4.84. The lowest BCUT2D eigenvalue weighted by Gasteiger charge is -2.26. The van der Waals surface area contributed by atoms with Crippen LogP contribution in [0.15, 0.2) is 29.2 Å².